The van der Waals surface area contributed by atoms with Crippen LogP contribution < -0.4 is 5.32 Å². The molecule has 0 unspecified atom stereocenters. The number of nitrogens with one attached hydrogen (secondary N) is 1. The van der Waals surface area contributed by atoms with Gasteiger partial charge in [0.25, 0.3) is 0 Å². The molecule has 3 heteroatoms. The van der Waals surface area contributed by atoms with Crippen LogP contribution >= 0.6 is 0 Å². The lowest BCUT2D eigenvalue weighted by Gasteiger charge is -2.27. The molecule has 13 heavy (non-hydrogen) atoms. The number of likely N-dealkylation sites (tertiary alicyclic amines) is 1. The summed E-state index contributed by atoms with van der Waals surface area (Å²) in [5, 5.41) is 13.2. The Bertz CT molecular complexity index is 168. The fraction of sp³-hybridized carbons (Fsp3) is 1.00. The average molecular weight is 184 g/mol. The zero-order chi connectivity index (χ0) is 9.26. The standard InChI is InChI=1S/C10H20N2O/c1-11-8-4-5-9(10(8)13)12-6-2-3-7-12/h8-11,13H,2-7H2,1H3/t8-,9-,10-/m1/s1. The van der Waals surface area contributed by atoms with Gasteiger partial charge in [-0.3, -0.25) is 4.90 Å². The largest absolute Gasteiger partial charge is 0.390 e. The molecule has 76 valence electrons. The minimum atomic E-state index is -0.150. The van der Waals surface area contributed by atoms with Gasteiger partial charge in [0.05, 0.1) is 6.10 Å². The third-order valence-corrected chi connectivity index (χ3v) is 3.56. The Kier molecular flexibility index (Phi) is 2.86. The molecule has 2 rings (SSSR count). The normalized spacial score (nSPS) is 41.5. The van der Waals surface area contributed by atoms with Gasteiger partial charge in [0.15, 0.2) is 0 Å². The van der Waals surface area contributed by atoms with Crippen LogP contribution in [0.5, 0.6) is 0 Å². The number of rotatable bonds is 2. The molecule has 0 radical (unpaired) electrons. The average Bonchev–Trinajstić information content (AvgIpc) is 2.72. The summed E-state index contributed by atoms with van der Waals surface area (Å²) in [6.07, 6.45) is 4.76. The lowest BCUT2D eigenvalue weighted by molar-refractivity contribution is 0.0695. The lowest BCUT2D eigenvalue weighted by Crippen LogP contribution is -2.45. The third kappa shape index (κ3) is 1.73. The highest BCUT2D eigenvalue weighted by Gasteiger charge is 2.37. The van der Waals surface area contributed by atoms with Crippen molar-refractivity contribution in [2.75, 3.05) is 20.1 Å². The molecule has 1 aliphatic heterocycles. The lowest BCUT2D eigenvalue weighted by atomic mass is 10.1. The Hall–Kier alpha value is -0.120. The molecule has 0 bridgehead atoms. The van der Waals surface area contributed by atoms with Crippen LogP contribution in [0.4, 0.5) is 0 Å². The van der Waals surface area contributed by atoms with E-state index in [9.17, 15) is 5.11 Å². The number of hydrogen-bond acceptors (Lipinski definition) is 3. The summed E-state index contributed by atoms with van der Waals surface area (Å²) < 4.78 is 0. The van der Waals surface area contributed by atoms with E-state index in [0.29, 0.717) is 12.1 Å². The fourth-order valence-corrected chi connectivity index (χ4v) is 2.75. The molecule has 0 aromatic rings. The van der Waals surface area contributed by atoms with Gasteiger partial charge < -0.3 is 10.4 Å². The Morgan fingerprint density at radius 1 is 1.23 bits per heavy atom. The second kappa shape index (κ2) is 3.95. The van der Waals surface area contributed by atoms with E-state index in [4.69, 9.17) is 0 Å². The van der Waals surface area contributed by atoms with Crippen LogP contribution in [0.3, 0.4) is 0 Å². The molecule has 2 N–H and O–H groups in total. The van der Waals surface area contributed by atoms with Gasteiger partial charge in [-0.1, -0.05) is 0 Å². The third-order valence-electron chi connectivity index (χ3n) is 3.56. The van der Waals surface area contributed by atoms with Gasteiger partial charge in [0, 0.05) is 12.1 Å². The maximum absolute atomic E-state index is 10.0. The Morgan fingerprint density at radius 2 is 1.92 bits per heavy atom. The summed E-state index contributed by atoms with van der Waals surface area (Å²) in [5.74, 6) is 0. The molecule has 2 fully saturated rings. The van der Waals surface area contributed by atoms with E-state index in [0.717, 1.165) is 12.8 Å². The van der Waals surface area contributed by atoms with Crippen LogP contribution in [0.1, 0.15) is 25.7 Å². The number of hydrogen-bond donors (Lipinski definition) is 2. The van der Waals surface area contributed by atoms with Crippen LogP contribution in [0.25, 0.3) is 0 Å². The molecule has 0 aromatic heterocycles. The maximum Gasteiger partial charge on any atom is 0.0847 e. The van der Waals surface area contributed by atoms with Crippen molar-refractivity contribution in [1.82, 2.24) is 10.2 Å². The first-order chi connectivity index (χ1) is 6.33. The first-order valence-corrected chi connectivity index (χ1v) is 5.42. The summed E-state index contributed by atoms with van der Waals surface area (Å²) in [5.41, 5.74) is 0. The van der Waals surface area contributed by atoms with Crippen molar-refractivity contribution in [1.29, 1.82) is 0 Å². The van der Waals surface area contributed by atoms with E-state index in [1.807, 2.05) is 7.05 Å². The molecule has 1 saturated carbocycles. The quantitative estimate of drug-likeness (QED) is 0.643. The van der Waals surface area contributed by atoms with Crippen molar-refractivity contribution in [3.8, 4) is 0 Å². The van der Waals surface area contributed by atoms with Crippen LogP contribution in [-0.2, 0) is 0 Å². The molecule has 2 aliphatic rings. The smallest absolute Gasteiger partial charge is 0.0847 e. The summed E-state index contributed by atoms with van der Waals surface area (Å²) in [4.78, 5) is 2.46. The summed E-state index contributed by atoms with van der Waals surface area (Å²) in [6.45, 7) is 2.39. The van der Waals surface area contributed by atoms with Gasteiger partial charge in [-0.2, -0.15) is 0 Å². The van der Waals surface area contributed by atoms with Crippen molar-refractivity contribution >= 4 is 0 Å². The highest BCUT2D eigenvalue weighted by molar-refractivity contribution is 4.95. The second-order valence-electron chi connectivity index (χ2n) is 4.27. The number of likely N-dealkylation sites (N-methyl/N-ethyl adjacent to an activating group) is 1. The van der Waals surface area contributed by atoms with Crippen molar-refractivity contribution in [3.05, 3.63) is 0 Å². The van der Waals surface area contributed by atoms with Gasteiger partial charge in [0.1, 0.15) is 0 Å². The number of aliphatic hydroxyl groups excluding tert-OH is 1. The molecule has 0 aromatic carbocycles. The number of aliphatic hydroxyl groups is 1. The predicted molar refractivity (Wildman–Crippen MR) is 52.7 cm³/mol. The monoisotopic (exact) mass is 184 g/mol. The van der Waals surface area contributed by atoms with Crippen LogP contribution in [0.2, 0.25) is 0 Å². The van der Waals surface area contributed by atoms with Crippen molar-refractivity contribution < 1.29 is 5.11 Å². The van der Waals surface area contributed by atoms with Crippen molar-refractivity contribution in [2.24, 2.45) is 0 Å². The molecule has 1 heterocycles. The fourth-order valence-electron chi connectivity index (χ4n) is 2.75. The predicted octanol–water partition coefficient (Wildman–Crippen LogP) is 0.193. The van der Waals surface area contributed by atoms with Crippen LogP contribution in [0.15, 0.2) is 0 Å². The molecular formula is C10H20N2O. The zero-order valence-corrected chi connectivity index (χ0v) is 8.37. The van der Waals surface area contributed by atoms with Crippen LogP contribution in [-0.4, -0.2) is 48.3 Å². The highest BCUT2D eigenvalue weighted by Crippen LogP contribution is 2.27. The van der Waals surface area contributed by atoms with E-state index >= 15 is 0 Å². The summed E-state index contributed by atoms with van der Waals surface area (Å²) in [7, 11) is 1.94. The topological polar surface area (TPSA) is 35.5 Å². The van der Waals surface area contributed by atoms with E-state index in [-0.39, 0.29) is 6.10 Å². The maximum atomic E-state index is 10.0. The van der Waals surface area contributed by atoms with Crippen molar-refractivity contribution in [2.45, 2.75) is 43.9 Å². The van der Waals surface area contributed by atoms with E-state index in [1.165, 1.54) is 25.9 Å². The first-order valence-electron chi connectivity index (χ1n) is 5.42. The SMILES string of the molecule is CN[C@@H]1CC[C@@H](N2CCCC2)[C@@H]1O. The Balaban J connectivity index is 1.93. The van der Waals surface area contributed by atoms with Gasteiger partial charge >= 0.3 is 0 Å². The Morgan fingerprint density at radius 3 is 2.46 bits per heavy atom. The van der Waals surface area contributed by atoms with Gasteiger partial charge in [-0.25, -0.2) is 0 Å². The minimum absolute atomic E-state index is 0.150. The van der Waals surface area contributed by atoms with Gasteiger partial charge in [0.2, 0.25) is 0 Å². The minimum Gasteiger partial charge on any atom is -0.390 e. The number of nitrogens with zero attached hydrogens (tertiary/aromatic N) is 1. The van der Waals surface area contributed by atoms with E-state index < -0.39 is 0 Å². The molecule has 1 saturated heterocycles. The second-order valence-corrected chi connectivity index (χ2v) is 4.27. The summed E-state index contributed by atoms with van der Waals surface area (Å²) in [6, 6.07) is 0.755. The highest BCUT2D eigenvalue weighted by atomic mass is 16.3. The molecule has 0 spiro atoms. The molecule has 1 aliphatic carbocycles. The van der Waals surface area contributed by atoms with E-state index in [1.54, 1.807) is 0 Å². The molecule has 3 atom stereocenters. The molecule has 3 nitrogen and oxygen atoms in total. The zero-order valence-electron chi connectivity index (χ0n) is 8.37. The summed E-state index contributed by atoms with van der Waals surface area (Å²) >= 11 is 0. The van der Waals surface area contributed by atoms with Crippen molar-refractivity contribution in [3.63, 3.8) is 0 Å². The molecule has 0 amide bonds. The van der Waals surface area contributed by atoms with Gasteiger partial charge in [-0.15, -0.1) is 0 Å². The van der Waals surface area contributed by atoms with E-state index in [2.05, 4.69) is 10.2 Å². The van der Waals surface area contributed by atoms with Crippen LogP contribution in [0, 0.1) is 0 Å². The Labute approximate surface area is 80.1 Å². The van der Waals surface area contributed by atoms with Gasteiger partial charge in [-0.05, 0) is 45.8 Å². The first kappa shape index (κ1) is 9.44. The molecular weight excluding hydrogens is 164 g/mol.